The molecule has 0 aliphatic carbocycles. The Morgan fingerprint density at radius 1 is 1.10 bits per heavy atom. The van der Waals surface area contributed by atoms with Crippen LogP contribution in [0, 0.1) is 5.82 Å². The van der Waals surface area contributed by atoms with E-state index in [1.165, 1.54) is 18.2 Å². The monoisotopic (exact) mass is 286 g/mol. The van der Waals surface area contributed by atoms with Gasteiger partial charge in [0.25, 0.3) is 0 Å². The van der Waals surface area contributed by atoms with Crippen molar-refractivity contribution in [3.8, 4) is 0 Å². The lowest BCUT2D eigenvalue weighted by molar-refractivity contribution is 0.00578. The zero-order valence-electron chi connectivity index (χ0n) is 12.0. The topological polar surface area (TPSA) is 18.5 Å². The summed E-state index contributed by atoms with van der Waals surface area (Å²) in [6, 6.07) is 4.13. The Bertz CT molecular complexity index is 487. The first-order valence-electron chi connectivity index (χ1n) is 6.55. The fraction of sp³-hybridized carbons (Fsp3) is 0.571. The van der Waals surface area contributed by atoms with E-state index in [9.17, 15) is 13.2 Å². The molecule has 0 bridgehead atoms. The van der Waals surface area contributed by atoms with Crippen LogP contribution >= 0.6 is 0 Å². The molecule has 1 saturated heterocycles. The van der Waals surface area contributed by atoms with Crippen molar-refractivity contribution in [1.29, 1.82) is 0 Å². The van der Waals surface area contributed by atoms with Gasteiger partial charge in [-0.3, -0.25) is 0 Å². The molecule has 1 aliphatic rings. The molecule has 0 radical (unpaired) electrons. The van der Waals surface area contributed by atoms with Crippen molar-refractivity contribution in [1.82, 2.24) is 0 Å². The van der Waals surface area contributed by atoms with Crippen LogP contribution in [0.1, 0.15) is 33.3 Å². The minimum atomic E-state index is -2.54. The second-order valence-corrected chi connectivity index (χ2v) is 6.00. The van der Waals surface area contributed by atoms with E-state index in [2.05, 4.69) is 0 Å². The number of rotatable bonds is 3. The number of halogens is 3. The molecule has 0 amide bonds. The van der Waals surface area contributed by atoms with Crippen LogP contribution < -0.4 is 5.46 Å². The predicted molar refractivity (Wildman–Crippen MR) is 71.8 cm³/mol. The highest BCUT2D eigenvalue weighted by molar-refractivity contribution is 6.62. The lowest BCUT2D eigenvalue weighted by Gasteiger charge is -2.32. The first-order valence-corrected chi connectivity index (χ1v) is 6.55. The maximum atomic E-state index is 14.1. The molecule has 0 atom stereocenters. The van der Waals surface area contributed by atoms with Crippen LogP contribution in [0.4, 0.5) is 13.2 Å². The molecule has 2 rings (SSSR count). The normalized spacial score (nSPS) is 20.7. The molecule has 0 N–H and O–H groups in total. The summed E-state index contributed by atoms with van der Waals surface area (Å²) in [5.41, 5.74) is -0.977. The van der Waals surface area contributed by atoms with Crippen LogP contribution in [0.5, 0.6) is 0 Å². The fourth-order valence-electron chi connectivity index (χ4n) is 2.15. The Labute approximate surface area is 117 Å². The SMILES string of the molecule is CC1(C)OB(c2c(F)cccc2CC(F)F)OC1(C)C. The third-order valence-electron chi connectivity index (χ3n) is 4.01. The van der Waals surface area contributed by atoms with Gasteiger partial charge in [-0.2, -0.15) is 0 Å². The molecule has 0 saturated carbocycles. The van der Waals surface area contributed by atoms with Gasteiger partial charge in [-0.15, -0.1) is 0 Å². The van der Waals surface area contributed by atoms with E-state index in [4.69, 9.17) is 9.31 Å². The van der Waals surface area contributed by atoms with Gasteiger partial charge in [0, 0.05) is 11.9 Å². The Hall–Kier alpha value is -1.01. The first kappa shape index (κ1) is 15.4. The molecule has 20 heavy (non-hydrogen) atoms. The molecule has 0 spiro atoms. The van der Waals surface area contributed by atoms with Crippen LogP contribution in [-0.4, -0.2) is 24.7 Å². The zero-order chi connectivity index (χ0) is 15.1. The van der Waals surface area contributed by atoms with E-state index in [0.717, 1.165) is 0 Å². The van der Waals surface area contributed by atoms with Gasteiger partial charge in [0.2, 0.25) is 6.43 Å². The summed E-state index contributed by atoms with van der Waals surface area (Å²) in [5, 5.41) is 0. The summed E-state index contributed by atoms with van der Waals surface area (Å²) >= 11 is 0. The van der Waals surface area contributed by atoms with Crippen molar-refractivity contribution >= 4 is 12.6 Å². The Kier molecular flexibility index (Phi) is 3.91. The molecular weight excluding hydrogens is 268 g/mol. The van der Waals surface area contributed by atoms with Crippen LogP contribution in [-0.2, 0) is 15.7 Å². The summed E-state index contributed by atoms with van der Waals surface area (Å²) in [7, 11) is -0.963. The van der Waals surface area contributed by atoms with E-state index < -0.39 is 37.0 Å². The second kappa shape index (κ2) is 5.08. The quantitative estimate of drug-likeness (QED) is 0.795. The molecule has 1 aromatic carbocycles. The van der Waals surface area contributed by atoms with E-state index in [0.29, 0.717) is 0 Å². The van der Waals surface area contributed by atoms with E-state index in [1.807, 2.05) is 27.7 Å². The van der Waals surface area contributed by atoms with Crippen LogP contribution in [0.2, 0.25) is 0 Å². The predicted octanol–water partition coefficient (Wildman–Crippen LogP) is 2.93. The highest BCUT2D eigenvalue weighted by Gasteiger charge is 2.53. The van der Waals surface area contributed by atoms with Gasteiger partial charge in [0.05, 0.1) is 11.2 Å². The average molecular weight is 286 g/mol. The minimum absolute atomic E-state index is 0.0754. The van der Waals surface area contributed by atoms with Crippen LogP contribution in [0.15, 0.2) is 18.2 Å². The number of hydrogen-bond donors (Lipinski definition) is 0. The molecule has 1 fully saturated rings. The third kappa shape index (κ3) is 2.72. The fourth-order valence-corrected chi connectivity index (χ4v) is 2.15. The van der Waals surface area contributed by atoms with Gasteiger partial charge in [0.1, 0.15) is 5.82 Å². The standard InChI is InChI=1S/C14H18BF3O2/c1-13(2)14(3,4)20-15(19-13)12-9(8-11(17)18)6-5-7-10(12)16/h5-7,11H,8H2,1-4H3. The molecule has 6 heteroatoms. The molecule has 1 aromatic rings. The van der Waals surface area contributed by atoms with Gasteiger partial charge in [-0.1, -0.05) is 12.1 Å². The van der Waals surface area contributed by atoms with Crippen molar-refractivity contribution in [2.45, 2.75) is 51.7 Å². The Balaban J connectivity index is 2.39. The van der Waals surface area contributed by atoms with Gasteiger partial charge >= 0.3 is 7.12 Å². The van der Waals surface area contributed by atoms with Gasteiger partial charge in [-0.05, 0) is 39.3 Å². The number of hydrogen-bond acceptors (Lipinski definition) is 2. The van der Waals surface area contributed by atoms with Crippen molar-refractivity contribution in [3.05, 3.63) is 29.6 Å². The van der Waals surface area contributed by atoms with E-state index in [-0.39, 0.29) is 11.0 Å². The summed E-state index contributed by atoms with van der Waals surface area (Å²) in [6.07, 6.45) is -3.06. The largest absolute Gasteiger partial charge is 0.498 e. The highest BCUT2D eigenvalue weighted by Crippen LogP contribution is 2.37. The number of benzene rings is 1. The lowest BCUT2D eigenvalue weighted by atomic mass is 9.75. The molecular formula is C14H18BF3O2. The minimum Gasteiger partial charge on any atom is -0.399 e. The summed E-state index contributed by atoms with van der Waals surface area (Å²) in [4.78, 5) is 0. The molecule has 1 aliphatic heterocycles. The summed E-state index contributed by atoms with van der Waals surface area (Å²) in [5.74, 6) is -0.582. The summed E-state index contributed by atoms with van der Waals surface area (Å²) in [6.45, 7) is 7.34. The molecule has 0 unspecified atom stereocenters. The lowest BCUT2D eigenvalue weighted by Crippen LogP contribution is -2.41. The van der Waals surface area contributed by atoms with Crippen LogP contribution in [0.3, 0.4) is 0 Å². The molecule has 1 heterocycles. The van der Waals surface area contributed by atoms with Gasteiger partial charge in [-0.25, -0.2) is 13.2 Å². The summed E-state index contributed by atoms with van der Waals surface area (Å²) < 4.78 is 50.8. The molecule has 0 aromatic heterocycles. The van der Waals surface area contributed by atoms with Gasteiger partial charge < -0.3 is 9.31 Å². The van der Waals surface area contributed by atoms with E-state index >= 15 is 0 Å². The zero-order valence-corrected chi connectivity index (χ0v) is 12.0. The third-order valence-corrected chi connectivity index (χ3v) is 4.01. The van der Waals surface area contributed by atoms with Gasteiger partial charge in [0.15, 0.2) is 0 Å². The average Bonchev–Trinajstić information content (AvgIpc) is 2.46. The highest BCUT2D eigenvalue weighted by atomic mass is 19.3. The van der Waals surface area contributed by atoms with E-state index in [1.54, 1.807) is 0 Å². The Morgan fingerprint density at radius 3 is 2.15 bits per heavy atom. The molecule has 110 valence electrons. The van der Waals surface area contributed by atoms with Crippen LogP contribution in [0.25, 0.3) is 0 Å². The van der Waals surface area contributed by atoms with Crippen molar-refractivity contribution in [3.63, 3.8) is 0 Å². The number of alkyl halides is 2. The maximum Gasteiger partial charge on any atom is 0.498 e. The van der Waals surface area contributed by atoms with Crippen molar-refractivity contribution < 1.29 is 22.5 Å². The maximum absolute atomic E-state index is 14.1. The smallest absolute Gasteiger partial charge is 0.399 e. The first-order chi connectivity index (χ1) is 9.14. The van der Waals surface area contributed by atoms with Crippen molar-refractivity contribution in [2.24, 2.45) is 0 Å². The second-order valence-electron chi connectivity index (χ2n) is 6.00. The molecule has 2 nitrogen and oxygen atoms in total. The Morgan fingerprint density at radius 2 is 1.65 bits per heavy atom. The van der Waals surface area contributed by atoms with Crippen molar-refractivity contribution in [2.75, 3.05) is 0 Å².